The maximum absolute atomic E-state index is 12.0. The van der Waals surface area contributed by atoms with Gasteiger partial charge in [-0.25, -0.2) is 13.2 Å². The van der Waals surface area contributed by atoms with E-state index in [1.165, 1.54) is 24.3 Å². The third-order valence-electron chi connectivity index (χ3n) is 2.49. The van der Waals surface area contributed by atoms with Crippen LogP contribution in [0.1, 0.15) is 21.8 Å². The number of benzene rings is 1. The molecule has 1 heterocycles. The Kier molecular flexibility index (Phi) is 4.19. The second-order valence-electron chi connectivity index (χ2n) is 4.29. The van der Waals surface area contributed by atoms with E-state index in [1.54, 1.807) is 6.92 Å². The van der Waals surface area contributed by atoms with Crippen molar-refractivity contribution < 1.29 is 22.8 Å². The SMILES string of the molecule is Cc1cc(CS(=O)(=O)Nc2ccc(C(=O)O)c(Cl)c2)no1. The molecular formula is C12H11ClN2O5S. The average Bonchev–Trinajstić information content (AvgIpc) is 2.72. The van der Waals surface area contributed by atoms with Crippen LogP contribution in [0.15, 0.2) is 28.8 Å². The Balaban J connectivity index is 2.17. The highest BCUT2D eigenvalue weighted by atomic mass is 35.5. The lowest BCUT2D eigenvalue weighted by molar-refractivity contribution is 0.0697. The van der Waals surface area contributed by atoms with Gasteiger partial charge in [-0.1, -0.05) is 16.8 Å². The normalized spacial score (nSPS) is 11.3. The van der Waals surface area contributed by atoms with Crippen LogP contribution < -0.4 is 4.72 Å². The number of aromatic carboxylic acids is 1. The summed E-state index contributed by atoms with van der Waals surface area (Å²) in [6.45, 7) is 1.65. The molecule has 0 amide bonds. The van der Waals surface area contributed by atoms with Crippen LogP contribution in [0, 0.1) is 6.92 Å². The molecule has 112 valence electrons. The predicted octanol–water partition coefficient (Wildman–Crippen LogP) is 2.28. The first kappa shape index (κ1) is 15.3. The lowest BCUT2D eigenvalue weighted by atomic mass is 10.2. The number of halogens is 1. The van der Waals surface area contributed by atoms with Gasteiger partial charge in [0.05, 0.1) is 16.3 Å². The van der Waals surface area contributed by atoms with Crippen LogP contribution in [0.4, 0.5) is 5.69 Å². The second-order valence-corrected chi connectivity index (χ2v) is 6.42. The lowest BCUT2D eigenvalue weighted by Gasteiger charge is -2.08. The number of sulfonamides is 1. The number of hydrogen-bond donors (Lipinski definition) is 2. The summed E-state index contributed by atoms with van der Waals surface area (Å²) in [6, 6.07) is 5.29. The Morgan fingerprint density at radius 1 is 1.43 bits per heavy atom. The van der Waals surface area contributed by atoms with Crippen molar-refractivity contribution in [3.63, 3.8) is 0 Å². The van der Waals surface area contributed by atoms with Crippen LogP contribution in [0.2, 0.25) is 5.02 Å². The van der Waals surface area contributed by atoms with E-state index in [9.17, 15) is 13.2 Å². The van der Waals surface area contributed by atoms with E-state index in [1.807, 2.05) is 0 Å². The van der Waals surface area contributed by atoms with Crippen molar-refractivity contribution in [3.8, 4) is 0 Å². The van der Waals surface area contributed by atoms with Gasteiger partial charge in [0.1, 0.15) is 17.2 Å². The molecule has 1 aromatic heterocycles. The van der Waals surface area contributed by atoms with Crippen LogP contribution in [0.5, 0.6) is 0 Å². The zero-order chi connectivity index (χ0) is 15.6. The van der Waals surface area contributed by atoms with Crippen molar-refractivity contribution in [2.45, 2.75) is 12.7 Å². The van der Waals surface area contributed by atoms with Gasteiger partial charge in [0, 0.05) is 6.07 Å². The highest BCUT2D eigenvalue weighted by molar-refractivity contribution is 7.91. The molecule has 1 aromatic carbocycles. The van der Waals surface area contributed by atoms with Crippen molar-refractivity contribution >= 4 is 33.3 Å². The molecule has 0 saturated carbocycles. The highest BCUT2D eigenvalue weighted by Crippen LogP contribution is 2.22. The molecule has 2 N–H and O–H groups in total. The number of carboxylic acid groups (broad SMARTS) is 1. The third-order valence-corrected chi connectivity index (χ3v) is 4.02. The number of anilines is 1. The lowest BCUT2D eigenvalue weighted by Crippen LogP contribution is -2.15. The molecule has 9 heteroatoms. The minimum atomic E-state index is -3.70. The Morgan fingerprint density at radius 2 is 2.14 bits per heavy atom. The van der Waals surface area contributed by atoms with E-state index < -0.39 is 16.0 Å². The molecule has 0 atom stereocenters. The quantitative estimate of drug-likeness (QED) is 0.870. The summed E-state index contributed by atoms with van der Waals surface area (Å²) in [6.07, 6.45) is 0. The van der Waals surface area contributed by atoms with Crippen LogP contribution in [-0.2, 0) is 15.8 Å². The van der Waals surface area contributed by atoms with Gasteiger partial charge in [0.2, 0.25) is 10.0 Å². The fraction of sp³-hybridized carbons (Fsp3) is 0.167. The zero-order valence-electron chi connectivity index (χ0n) is 10.8. The number of aromatic nitrogens is 1. The van der Waals surface area contributed by atoms with E-state index in [-0.39, 0.29) is 27.7 Å². The van der Waals surface area contributed by atoms with Crippen molar-refractivity contribution in [1.82, 2.24) is 5.16 Å². The highest BCUT2D eigenvalue weighted by Gasteiger charge is 2.16. The van der Waals surface area contributed by atoms with Gasteiger partial charge in [-0.05, 0) is 25.1 Å². The topological polar surface area (TPSA) is 110 Å². The number of aryl methyl sites for hydroxylation is 1. The molecular weight excluding hydrogens is 320 g/mol. The Bertz CT molecular complexity index is 785. The Hall–Kier alpha value is -2.06. The number of nitrogens with zero attached hydrogens (tertiary/aromatic N) is 1. The summed E-state index contributed by atoms with van der Waals surface area (Å²) < 4.78 is 31.0. The van der Waals surface area contributed by atoms with Gasteiger partial charge in [-0.3, -0.25) is 4.72 Å². The van der Waals surface area contributed by atoms with Crippen molar-refractivity contribution in [2.24, 2.45) is 0 Å². The van der Waals surface area contributed by atoms with E-state index in [0.717, 1.165) is 0 Å². The number of carbonyl (C=O) groups is 1. The van der Waals surface area contributed by atoms with Crippen LogP contribution in [-0.4, -0.2) is 24.7 Å². The largest absolute Gasteiger partial charge is 0.478 e. The first-order chi connectivity index (χ1) is 9.77. The summed E-state index contributed by atoms with van der Waals surface area (Å²) in [5, 5.41) is 12.4. The molecule has 2 rings (SSSR count). The Labute approximate surface area is 125 Å². The molecule has 7 nitrogen and oxygen atoms in total. The van der Waals surface area contributed by atoms with E-state index in [0.29, 0.717) is 5.76 Å². The number of carboxylic acids is 1. The number of nitrogens with one attached hydrogen (secondary N) is 1. The Morgan fingerprint density at radius 3 is 2.67 bits per heavy atom. The van der Waals surface area contributed by atoms with Crippen molar-refractivity contribution in [2.75, 3.05) is 4.72 Å². The van der Waals surface area contributed by atoms with Crippen LogP contribution >= 0.6 is 11.6 Å². The van der Waals surface area contributed by atoms with Crippen molar-refractivity contribution in [3.05, 3.63) is 46.3 Å². The summed E-state index contributed by atoms with van der Waals surface area (Å²) in [5.41, 5.74) is 0.338. The van der Waals surface area contributed by atoms with Gasteiger partial charge < -0.3 is 9.63 Å². The molecule has 21 heavy (non-hydrogen) atoms. The molecule has 2 aromatic rings. The minimum absolute atomic E-state index is 0.0556. The molecule has 0 fully saturated rings. The van der Waals surface area contributed by atoms with Gasteiger partial charge in [0.25, 0.3) is 0 Å². The van der Waals surface area contributed by atoms with Crippen molar-refractivity contribution in [1.29, 1.82) is 0 Å². The molecule has 0 aliphatic heterocycles. The van der Waals surface area contributed by atoms with Gasteiger partial charge in [0.15, 0.2) is 0 Å². The summed E-state index contributed by atoms with van der Waals surface area (Å²) in [7, 11) is -3.70. The maximum Gasteiger partial charge on any atom is 0.337 e. The fourth-order valence-electron chi connectivity index (χ4n) is 1.65. The monoisotopic (exact) mass is 330 g/mol. The minimum Gasteiger partial charge on any atom is -0.478 e. The van der Waals surface area contributed by atoms with E-state index >= 15 is 0 Å². The molecule has 0 spiro atoms. The van der Waals surface area contributed by atoms with Gasteiger partial charge in [-0.15, -0.1) is 0 Å². The second kappa shape index (κ2) is 5.74. The summed E-state index contributed by atoms with van der Waals surface area (Å²) in [4.78, 5) is 10.8. The molecule has 0 saturated heterocycles. The van der Waals surface area contributed by atoms with E-state index in [4.69, 9.17) is 21.2 Å². The first-order valence-corrected chi connectivity index (χ1v) is 7.75. The molecule has 0 unspecified atom stereocenters. The standard InChI is InChI=1S/C12H11ClN2O5S/c1-7-4-9(14-20-7)6-21(18,19)15-8-2-3-10(12(16)17)11(13)5-8/h2-5,15H,6H2,1H3,(H,16,17). The molecule has 0 aliphatic rings. The predicted molar refractivity (Wildman–Crippen MR) is 75.9 cm³/mol. The first-order valence-electron chi connectivity index (χ1n) is 5.72. The zero-order valence-corrected chi connectivity index (χ0v) is 12.4. The summed E-state index contributed by atoms with van der Waals surface area (Å²) in [5.74, 6) is -1.04. The van der Waals surface area contributed by atoms with Crippen LogP contribution in [0.3, 0.4) is 0 Å². The smallest absolute Gasteiger partial charge is 0.337 e. The average molecular weight is 331 g/mol. The number of rotatable bonds is 5. The van der Waals surface area contributed by atoms with E-state index in [2.05, 4.69) is 9.88 Å². The maximum atomic E-state index is 12.0. The van der Waals surface area contributed by atoms with Crippen LogP contribution in [0.25, 0.3) is 0 Å². The third kappa shape index (κ3) is 3.96. The molecule has 0 bridgehead atoms. The molecule has 0 aliphatic carbocycles. The van der Waals surface area contributed by atoms with Gasteiger partial charge in [-0.2, -0.15) is 0 Å². The summed E-state index contributed by atoms with van der Waals surface area (Å²) >= 11 is 5.77. The fourth-order valence-corrected chi connectivity index (χ4v) is 2.99. The molecule has 0 radical (unpaired) electrons. The number of hydrogen-bond acceptors (Lipinski definition) is 5. The van der Waals surface area contributed by atoms with Gasteiger partial charge >= 0.3 is 5.97 Å².